The Morgan fingerprint density at radius 1 is 1.33 bits per heavy atom. The van der Waals surface area contributed by atoms with Gasteiger partial charge in [0.1, 0.15) is 5.75 Å². The molecule has 2 bridgehead atoms. The molecule has 2 atom stereocenters. The highest BCUT2D eigenvalue weighted by atomic mass is 32.2. The van der Waals surface area contributed by atoms with Crippen molar-refractivity contribution in [1.82, 2.24) is 14.7 Å². The standard InChI is InChI=1S/C14H21N3O3S/c1-16-13(5-6-15-16)10-7-11-3-4-12(8-10)17(11)14(18)9-21(2,19)20/h5-6,10-12H,3-4,7-9H2,1-2H3. The van der Waals surface area contributed by atoms with Crippen molar-refractivity contribution in [3.63, 3.8) is 0 Å². The van der Waals surface area contributed by atoms with Crippen LogP contribution in [0.3, 0.4) is 0 Å². The summed E-state index contributed by atoms with van der Waals surface area (Å²) < 4.78 is 24.6. The first-order valence-corrected chi connectivity index (χ1v) is 9.38. The fourth-order valence-corrected chi connectivity index (χ4v) is 4.51. The largest absolute Gasteiger partial charge is 0.336 e. The summed E-state index contributed by atoms with van der Waals surface area (Å²) in [5.41, 5.74) is 1.21. The lowest BCUT2D eigenvalue weighted by Crippen LogP contribution is -2.48. The van der Waals surface area contributed by atoms with Crippen LogP contribution in [0.1, 0.15) is 37.3 Å². The highest BCUT2D eigenvalue weighted by Crippen LogP contribution is 2.42. The SMILES string of the molecule is Cn1nccc1C1CC2CCC(C1)N2C(=O)CS(C)(=O)=O. The summed E-state index contributed by atoms with van der Waals surface area (Å²) in [7, 11) is -1.32. The Labute approximate surface area is 125 Å². The molecule has 3 rings (SSSR count). The molecule has 2 fully saturated rings. The van der Waals surface area contributed by atoms with E-state index in [1.165, 1.54) is 5.69 Å². The maximum atomic E-state index is 12.3. The number of aryl methyl sites for hydroxylation is 1. The van der Waals surface area contributed by atoms with Gasteiger partial charge in [0.15, 0.2) is 9.84 Å². The molecule has 1 amide bonds. The van der Waals surface area contributed by atoms with Gasteiger partial charge in [0.05, 0.1) is 0 Å². The van der Waals surface area contributed by atoms with Crippen molar-refractivity contribution >= 4 is 15.7 Å². The third kappa shape index (κ3) is 2.84. The Morgan fingerprint density at radius 2 is 1.95 bits per heavy atom. The van der Waals surface area contributed by atoms with Gasteiger partial charge in [-0.05, 0) is 31.7 Å². The van der Waals surface area contributed by atoms with Crippen LogP contribution in [-0.2, 0) is 21.7 Å². The molecule has 0 aromatic carbocycles. The molecule has 116 valence electrons. The molecule has 21 heavy (non-hydrogen) atoms. The molecule has 6 nitrogen and oxygen atoms in total. The average molecular weight is 311 g/mol. The molecule has 7 heteroatoms. The zero-order valence-corrected chi connectivity index (χ0v) is 13.2. The van der Waals surface area contributed by atoms with Crippen molar-refractivity contribution in [3.8, 4) is 0 Å². The van der Waals surface area contributed by atoms with Gasteiger partial charge in [-0.15, -0.1) is 0 Å². The van der Waals surface area contributed by atoms with E-state index in [4.69, 9.17) is 0 Å². The molecular weight excluding hydrogens is 290 g/mol. The predicted octanol–water partition coefficient (Wildman–Crippen LogP) is 0.702. The Balaban J connectivity index is 1.76. The van der Waals surface area contributed by atoms with Gasteiger partial charge in [-0.25, -0.2) is 8.42 Å². The first-order chi connectivity index (χ1) is 9.85. The lowest BCUT2D eigenvalue weighted by molar-refractivity contribution is -0.133. The van der Waals surface area contributed by atoms with Gasteiger partial charge >= 0.3 is 0 Å². The van der Waals surface area contributed by atoms with Crippen LogP contribution in [0, 0.1) is 0 Å². The second kappa shape index (κ2) is 5.12. The summed E-state index contributed by atoms with van der Waals surface area (Å²) in [6.45, 7) is 0. The number of carbonyl (C=O) groups is 1. The van der Waals surface area contributed by atoms with Crippen molar-refractivity contribution in [2.75, 3.05) is 12.0 Å². The number of rotatable bonds is 3. The number of nitrogens with zero attached hydrogens (tertiary/aromatic N) is 3. The Kier molecular flexibility index (Phi) is 3.55. The van der Waals surface area contributed by atoms with E-state index in [0.717, 1.165) is 31.9 Å². The Hall–Kier alpha value is -1.37. The van der Waals surface area contributed by atoms with E-state index in [0.29, 0.717) is 5.92 Å². The minimum Gasteiger partial charge on any atom is -0.336 e. The Bertz CT molecular complexity index is 638. The molecule has 1 aromatic heterocycles. The predicted molar refractivity (Wildman–Crippen MR) is 78.5 cm³/mol. The van der Waals surface area contributed by atoms with E-state index in [1.807, 2.05) is 22.7 Å². The second-order valence-corrected chi connectivity index (χ2v) is 8.44. The van der Waals surface area contributed by atoms with E-state index >= 15 is 0 Å². The van der Waals surface area contributed by atoms with Gasteiger partial charge in [-0.1, -0.05) is 0 Å². The molecule has 0 spiro atoms. The first kappa shape index (κ1) is 14.6. The minimum absolute atomic E-state index is 0.179. The zero-order valence-electron chi connectivity index (χ0n) is 12.4. The normalized spacial score (nSPS) is 28.9. The average Bonchev–Trinajstić information content (AvgIpc) is 2.89. The number of piperidine rings is 1. The summed E-state index contributed by atoms with van der Waals surface area (Å²) in [4.78, 5) is 14.1. The van der Waals surface area contributed by atoms with E-state index < -0.39 is 9.84 Å². The molecule has 0 N–H and O–H groups in total. The quantitative estimate of drug-likeness (QED) is 0.824. The van der Waals surface area contributed by atoms with Crippen LogP contribution in [0.5, 0.6) is 0 Å². The van der Waals surface area contributed by atoms with Gasteiger partial charge in [0, 0.05) is 43.2 Å². The van der Waals surface area contributed by atoms with Crippen molar-refractivity contribution in [1.29, 1.82) is 0 Å². The van der Waals surface area contributed by atoms with E-state index in [2.05, 4.69) is 5.10 Å². The molecule has 2 aliphatic heterocycles. The first-order valence-electron chi connectivity index (χ1n) is 7.32. The molecule has 0 saturated carbocycles. The zero-order chi connectivity index (χ0) is 15.2. The smallest absolute Gasteiger partial charge is 0.238 e. The molecular formula is C14H21N3O3S. The molecule has 0 aliphatic carbocycles. The summed E-state index contributed by atoms with van der Waals surface area (Å²) in [6, 6.07) is 2.40. The molecule has 1 aromatic rings. The number of fused-ring (bicyclic) bond motifs is 2. The van der Waals surface area contributed by atoms with Crippen LogP contribution in [0.4, 0.5) is 0 Å². The van der Waals surface area contributed by atoms with E-state index in [-0.39, 0.29) is 23.7 Å². The van der Waals surface area contributed by atoms with Crippen LogP contribution in [0.2, 0.25) is 0 Å². The topological polar surface area (TPSA) is 72.3 Å². The van der Waals surface area contributed by atoms with Crippen molar-refractivity contribution in [2.24, 2.45) is 7.05 Å². The third-order valence-corrected chi connectivity index (χ3v) is 5.46. The summed E-state index contributed by atoms with van der Waals surface area (Å²) in [5, 5.41) is 4.22. The van der Waals surface area contributed by atoms with Crippen LogP contribution in [0.15, 0.2) is 12.3 Å². The van der Waals surface area contributed by atoms with Crippen LogP contribution in [0.25, 0.3) is 0 Å². The molecule has 2 aliphatic rings. The molecule has 2 saturated heterocycles. The van der Waals surface area contributed by atoms with Crippen molar-refractivity contribution in [2.45, 2.75) is 43.7 Å². The maximum absolute atomic E-state index is 12.3. The van der Waals surface area contributed by atoms with Crippen molar-refractivity contribution in [3.05, 3.63) is 18.0 Å². The second-order valence-electron chi connectivity index (χ2n) is 6.30. The van der Waals surface area contributed by atoms with E-state index in [9.17, 15) is 13.2 Å². The van der Waals surface area contributed by atoms with E-state index in [1.54, 1.807) is 6.20 Å². The molecule has 2 unspecified atom stereocenters. The van der Waals surface area contributed by atoms with Gasteiger partial charge < -0.3 is 4.90 Å². The fourth-order valence-electron chi connectivity index (χ4n) is 3.91. The summed E-state index contributed by atoms with van der Waals surface area (Å²) in [6.07, 6.45) is 6.70. The number of hydrogen-bond acceptors (Lipinski definition) is 4. The maximum Gasteiger partial charge on any atom is 0.238 e. The summed E-state index contributed by atoms with van der Waals surface area (Å²) in [5.74, 6) is -0.179. The van der Waals surface area contributed by atoms with Crippen LogP contribution >= 0.6 is 0 Å². The number of hydrogen-bond donors (Lipinski definition) is 0. The minimum atomic E-state index is -3.26. The van der Waals surface area contributed by atoms with Gasteiger partial charge in [-0.2, -0.15) is 5.10 Å². The number of carbonyl (C=O) groups excluding carboxylic acids is 1. The lowest BCUT2D eigenvalue weighted by Gasteiger charge is -2.39. The molecule has 3 heterocycles. The fraction of sp³-hybridized carbons (Fsp3) is 0.714. The van der Waals surface area contributed by atoms with Gasteiger partial charge in [0.25, 0.3) is 0 Å². The van der Waals surface area contributed by atoms with Gasteiger partial charge in [-0.3, -0.25) is 9.48 Å². The number of aromatic nitrogens is 2. The van der Waals surface area contributed by atoms with Gasteiger partial charge in [0.2, 0.25) is 5.91 Å². The summed E-state index contributed by atoms with van der Waals surface area (Å²) >= 11 is 0. The molecule has 0 radical (unpaired) electrons. The third-order valence-electron chi connectivity index (χ3n) is 4.68. The van der Waals surface area contributed by atoms with Crippen molar-refractivity contribution < 1.29 is 13.2 Å². The highest BCUT2D eigenvalue weighted by molar-refractivity contribution is 7.91. The Morgan fingerprint density at radius 3 is 2.43 bits per heavy atom. The highest BCUT2D eigenvalue weighted by Gasteiger charge is 2.44. The number of sulfone groups is 1. The van der Waals surface area contributed by atoms with Crippen LogP contribution < -0.4 is 0 Å². The van der Waals surface area contributed by atoms with Crippen LogP contribution in [-0.4, -0.2) is 53.1 Å². The monoisotopic (exact) mass is 311 g/mol. The number of amides is 1. The lowest BCUT2D eigenvalue weighted by atomic mass is 9.88.